The molecule has 0 bridgehead atoms. The fourth-order valence-corrected chi connectivity index (χ4v) is 2.47. The van der Waals surface area contributed by atoms with Crippen molar-refractivity contribution >= 4 is 28.8 Å². The Labute approximate surface area is 134 Å². The first kappa shape index (κ1) is 16.3. The molecule has 0 unspecified atom stereocenters. The highest BCUT2D eigenvalue weighted by atomic mass is 32.1. The highest BCUT2D eigenvalue weighted by Crippen LogP contribution is 2.17. The van der Waals surface area contributed by atoms with E-state index in [0.717, 1.165) is 16.4 Å². The number of anilines is 2. The molecule has 118 valence electrons. The number of hydrogen-bond donors (Lipinski definition) is 2. The third-order valence-electron chi connectivity index (χ3n) is 2.64. The lowest BCUT2D eigenvalue weighted by atomic mass is 10.2. The molecule has 5 nitrogen and oxygen atoms in total. The van der Waals surface area contributed by atoms with Gasteiger partial charge in [0, 0.05) is 22.4 Å². The van der Waals surface area contributed by atoms with Crippen LogP contribution in [-0.4, -0.2) is 16.7 Å². The molecule has 1 heterocycles. The van der Waals surface area contributed by atoms with Gasteiger partial charge in [-0.1, -0.05) is 0 Å². The fraction of sp³-hybridized carbons (Fsp3) is 0.375. The second-order valence-electron chi connectivity index (χ2n) is 5.94. The van der Waals surface area contributed by atoms with Crippen molar-refractivity contribution in [3.63, 3.8) is 0 Å². The van der Waals surface area contributed by atoms with Crippen LogP contribution in [0.3, 0.4) is 0 Å². The van der Waals surface area contributed by atoms with Gasteiger partial charge < -0.3 is 10.1 Å². The normalized spacial score (nSPS) is 11.1. The Balaban J connectivity index is 1.86. The third kappa shape index (κ3) is 5.37. The topological polar surface area (TPSA) is 63.2 Å². The molecule has 0 aliphatic heterocycles. The molecule has 2 rings (SSSR count). The van der Waals surface area contributed by atoms with Gasteiger partial charge in [0.25, 0.3) is 0 Å². The molecule has 6 heteroatoms. The zero-order valence-corrected chi connectivity index (χ0v) is 14.1. The van der Waals surface area contributed by atoms with Gasteiger partial charge in [-0.25, -0.2) is 9.78 Å². The van der Waals surface area contributed by atoms with E-state index in [9.17, 15) is 4.79 Å². The predicted molar refractivity (Wildman–Crippen MR) is 90.5 cm³/mol. The van der Waals surface area contributed by atoms with E-state index < -0.39 is 11.7 Å². The molecule has 0 saturated carbocycles. The second-order valence-corrected chi connectivity index (χ2v) is 6.88. The van der Waals surface area contributed by atoms with Crippen molar-refractivity contribution in [1.82, 2.24) is 4.98 Å². The van der Waals surface area contributed by atoms with Gasteiger partial charge >= 0.3 is 6.09 Å². The Kier molecular flexibility index (Phi) is 5.03. The van der Waals surface area contributed by atoms with Gasteiger partial charge in [-0.3, -0.25) is 5.32 Å². The van der Waals surface area contributed by atoms with E-state index in [0.29, 0.717) is 12.2 Å². The number of carbonyl (C=O) groups is 1. The molecule has 2 aromatic rings. The van der Waals surface area contributed by atoms with Crippen molar-refractivity contribution in [1.29, 1.82) is 0 Å². The summed E-state index contributed by atoms with van der Waals surface area (Å²) in [5, 5.41) is 9.08. The Hall–Kier alpha value is -2.08. The monoisotopic (exact) mass is 319 g/mol. The molecule has 0 saturated heterocycles. The SMILES string of the molecule is Cc1csc(CNc2ccc(NC(=O)OC(C)(C)C)cc2)n1. The molecule has 1 aromatic carbocycles. The molecular formula is C16H21N3O2S. The van der Waals surface area contributed by atoms with Gasteiger partial charge in [-0.05, 0) is 52.0 Å². The number of ether oxygens (including phenoxy) is 1. The van der Waals surface area contributed by atoms with E-state index in [1.807, 2.05) is 57.3 Å². The van der Waals surface area contributed by atoms with Gasteiger partial charge in [-0.15, -0.1) is 11.3 Å². The summed E-state index contributed by atoms with van der Waals surface area (Å²) in [5.41, 5.74) is 2.21. The summed E-state index contributed by atoms with van der Waals surface area (Å²) < 4.78 is 5.21. The van der Waals surface area contributed by atoms with E-state index in [-0.39, 0.29) is 0 Å². The van der Waals surface area contributed by atoms with Crippen molar-refractivity contribution in [2.45, 2.75) is 39.8 Å². The molecule has 0 spiro atoms. The highest BCUT2D eigenvalue weighted by Gasteiger charge is 2.16. The van der Waals surface area contributed by atoms with E-state index in [2.05, 4.69) is 15.6 Å². The number of hydrogen-bond acceptors (Lipinski definition) is 5. The minimum atomic E-state index is -0.503. The molecule has 0 atom stereocenters. The van der Waals surface area contributed by atoms with Crippen molar-refractivity contribution in [3.8, 4) is 0 Å². The maximum absolute atomic E-state index is 11.7. The number of carbonyl (C=O) groups excluding carboxylic acids is 1. The molecular weight excluding hydrogens is 298 g/mol. The smallest absolute Gasteiger partial charge is 0.412 e. The quantitative estimate of drug-likeness (QED) is 0.876. The van der Waals surface area contributed by atoms with Crippen LogP contribution >= 0.6 is 11.3 Å². The first-order chi connectivity index (χ1) is 10.3. The Morgan fingerprint density at radius 2 is 1.86 bits per heavy atom. The maximum Gasteiger partial charge on any atom is 0.412 e. The van der Waals surface area contributed by atoms with Gasteiger partial charge in [0.1, 0.15) is 10.6 Å². The molecule has 0 aliphatic carbocycles. The second kappa shape index (κ2) is 6.79. The van der Waals surface area contributed by atoms with Crippen LogP contribution in [-0.2, 0) is 11.3 Å². The molecule has 0 fully saturated rings. The van der Waals surface area contributed by atoms with Gasteiger partial charge in [0.2, 0.25) is 0 Å². The Bertz CT molecular complexity index is 630. The van der Waals surface area contributed by atoms with Crippen LogP contribution in [0.2, 0.25) is 0 Å². The zero-order valence-electron chi connectivity index (χ0n) is 13.3. The van der Waals surface area contributed by atoms with E-state index in [1.54, 1.807) is 11.3 Å². The summed E-state index contributed by atoms with van der Waals surface area (Å²) in [7, 11) is 0. The Morgan fingerprint density at radius 1 is 1.23 bits per heavy atom. The molecule has 0 radical (unpaired) electrons. The summed E-state index contributed by atoms with van der Waals surface area (Å²) in [6.45, 7) is 8.17. The Morgan fingerprint density at radius 3 is 2.41 bits per heavy atom. The van der Waals surface area contributed by atoms with E-state index in [1.165, 1.54) is 0 Å². The van der Waals surface area contributed by atoms with Crippen molar-refractivity contribution in [3.05, 3.63) is 40.3 Å². The molecule has 1 amide bonds. The fourth-order valence-electron chi connectivity index (χ4n) is 1.75. The lowest BCUT2D eigenvalue weighted by Gasteiger charge is -2.19. The van der Waals surface area contributed by atoms with Crippen LogP contribution in [0.5, 0.6) is 0 Å². The number of nitrogens with one attached hydrogen (secondary N) is 2. The van der Waals surface area contributed by atoms with Crippen LogP contribution in [0, 0.1) is 6.92 Å². The van der Waals surface area contributed by atoms with Gasteiger partial charge in [0.15, 0.2) is 0 Å². The largest absolute Gasteiger partial charge is 0.444 e. The maximum atomic E-state index is 11.7. The molecule has 1 aromatic heterocycles. The number of aryl methyl sites for hydroxylation is 1. The third-order valence-corrected chi connectivity index (χ3v) is 3.61. The zero-order chi connectivity index (χ0) is 16.2. The van der Waals surface area contributed by atoms with E-state index in [4.69, 9.17) is 4.74 Å². The minimum Gasteiger partial charge on any atom is -0.444 e. The van der Waals surface area contributed by atoms with Crippen molar-refractivity contribution < 1.29 is 9.53 Å². The van der Waals surface area contributed by atoms with Crippen LogP contribution in [0.1, 0.15) is 31.5 Å². The summed E-state index contributed by atoms with van der Waals surface area (Å²) in [6.07, 6.45) is -0.452. The first-order valence-electron chi connectivity index (χ1n) is 7.07. The minimum absolute atomic E-state index is 0.452. The molecule has 0 aliphatic rings. The van der Waals surface area contributed by atoms with Gasteiger partial charge in [0.05, 0.1) is 6.54 Å². The average Bonchev–Trinajstić information content (AvgIpc) is 2.81. The lowest BCUT2D eigenvalue weighted by Crippen LogP contribution is -2.27. The highest BCUT2D eigenvalue weighted by molar-refractivity contribution is 7.09. The summed E-state index contributed by atoms with van der Waals surface area (Å²) >= 11 is 1.64. The number of thiazole rings is 1. The average molecular weight is 319 g/mol. The van der Waals surface area contributed by atoms with Crippen LogP contribution < -0.4 is 10.6 Å². The standard InChI is InChI=1S/C16H21N3O2S/c1-11-10-22-14(18-11)9-17-12-5-7-13(8-6-12)19-15(20)21-16(2,3)4/h5-8,10,17H,9H2,1-4H3,(H,19,20). The molecule has 2 N–H and O–H groups in total. The molecule has 22 heavy (non-hydrogen) atoms. The van der Waals surface area contributed by atoms with Crippen molar-refractivity contribution in [2.75, 3.05) is 10.6 Å². The number of benzene rings is 1. The van der Waals surface area contributed by atoms with Crippen LogP contribution in [0.25, 0.3) is 0 Å². The summed E-state index contributed by atoms with van der Waals surface area (Å²) in [6, 6.07) is 7.49. The summed E-state index contributed by atoms with van der Waals surface area (Å²) in [4.78, 5) is 16.1. The van der Waals surface area contributed by atoms with E-state index >= 15 is 0 Å². The predicted octanol–water partition coefficient (Wildman–Crippen LogP) is 4.41. The number of aromatic nitrogens is 1. The van der Waals surface area contributed by atoms with Crippen molar-refractivity contribution in [2.24, 2.45) is 0 Å². The first-order valence-corrected chi connectivity index (χ1v) is 7.95. The number of nitrogens with zero attached hydrogens (tertiary/aromatic N) is 1. The summed E-state index contributed by atoms with van der Waals surface area (Å²) in [5.74, 6) is 0. The number of rotatable bonds is 4. The van der Waals surface area contributed by atoms with Crippen LogP contribution in [0.15, 0.2) is 29.6 Å². The van der Waals surface area contributed by atoms with Crippen LogP contribution in [0.4, 0.5) is 16.2 Å². The lowest BCUT2D eigenvalue weighted by molar-refractivity contribution is 0.0636. The van der Waals surface area contributed by atoms with Gasteiger partial charge in [-0.2, -0.15) is 0 Å². The number of amides is 1.